The fourth-order valence-corrected chi connectivity index (χ4v) is 3.86. The number of hydrogen-bond donors (Lipinski definition) is 0. The topological polar surface area (TPSA) is 52.8 Å². The van der Waals surface area contributed by atoms with Crippen molar-refractivity contribution in [2.24, 2.45) is 0 Å². The first-order chi connectivity index (χ1) is 11.7. The molecule has 0 N–H and O–H groups in total. The molecule has 134 valence electrons. The van der Waals surface area contributed by atoms with Crippen LogP contribution >= 0.6 is 0 Å². The predicted molar refractivity (Wildman–Crippen MR) is 92.9 cm³/mol. The van der Waals surface area contributed by atoms with Crippen LogP contribution in [0.25, 0.3) is 0 Å². The van der Waals surface area contributed by atoms with E-state index in [-0.39, 0.29) is 5.91 Å². The molecule has 1 aromatic heterocycles. The number of rotatable bonds is 6. The number of hydrogen-bond acceptors (Lipinski definition) is 5. The van der Waals surface area contributed by atoms with E-state index in [9.17, 15) is 4.79 Å². The summed E-state index contributed by atoms with van der Waals surface area (Å²) >= 11 is 0. The maximum absolute atomic E-state index is 12.7. The minimum atomic E-state index is 0.0387. The fraction of sp³-hybridized carbons (Fsp3) is 0.778. The smallest absolute Gasteiger partial charge is 0.276 e. The third-order valence-corrected chi connectivity index (χ3v) is 5.33. The Morgan fingerprint density at radius 3 is 2.67 bits per heavy atom. The quantitative estimate of drug-likeness (QED) is 0.798. The highest BCUT2D eigenvalue weighted by molar-refractivity contribution is 5.92. The highest BCUT2D eigenvalue weighted by Gasteiger charge is 2.30. The molecule has 2 aliphatic rings. The second-order valence-electron chi connectivity index (χ2n) is 6.97. The summed E-state index contributed by atoms with van der Waals surface area (Å²) in [7, 11) is 0. The minimum Gasteiger partial charge on any atom is -0.359 e. The zero-order valence-electron chi connectivity index (χ0n) is 15.0. The molecule has 0 aliphatic carbocycles. The van der Waals surface area contributed by atoms with Gasteiger partial charge < -0.3 is 14.3 Å². The van der Waals surface area contributed by atoms with Crippen LogP contribution in [-0.2, 0) is 6.54 Å². The Morgan fingerprint density at radius 1 is 1.21 bits per heavy atom. The normalized spacial score (nSPS) is 23.1. The second-order valence-corrected chi connectivity index (χ2v) is 6.97. The monoisotopic (exact) mass is 334 g/mol. The van der Waals surface area contributed by atoms with Crippen molar-refractivity contribution in [1.29, 1.82) is 0 Å². The Kier molecular flexibility index (Phi) is 5.89. The summed E-state index contributed by atoms with van der Waals surface area (Å²) in [5.74, 6) is 0.839. The molecule has 1 atom stereocenters. The van der Waals surface area contributed by atoms with Gasteiger partial charge in [-0.25, -0.2) is 0 Å². The van der Waals surface area contributed by atoms with Gasteiger partial charge in [-0.05, 0) is 25.8 Å². The first-order valence-electron chi connectivity index (χ1n) is 9.42. The molecule has 1 aromatic rings. The van der Waals surface area contributed by atoms with Crippen molar-refractivity contribution in [2.75, 3.05) is 39.3 Å². The van der Waals surface area contributed by atoms with Crippen LogP contribution in [0, 0.1) is 0 Å². The van der Waals surface area contributed by atoms with E-state index in [1.165, 1.54) is 0 Å². The predicted octanol–water partition coefficient (Wildman–Crippen LogP) is 2.22. The molecule has 0 saturated carbocycles. The molecule has 2 aliphatic heterocycles. The van der Waals surface area contributed by atoms with Crippen LogP contribution in [0.5, 0.6) is 0 Å². The van der Waals surface area contributed by atoms with Gasteiger partial charge in [-0.1, -0.05) is 25.4 Å². The van der Waals surface area contributed by atoms with Gasteiger partial charge in [0.2, 0.25) is 0 Å². The summed E-state index contributed by atoms with van der Waals surface area (Å²) in [5.41, 5.74) is 0.472. The van der Waals surface area contributed by atoms with E-state index in [1.54, 1.807) is 0 Å². The molecule has 6 nitrogen and oxygen atoms in total. The van der Waals surface area contributed by atoms with E-state index >= 15 is 0 Å². The maximum Gasteiger partial charge on any atom is 0.276 e. The minimum absolute atomic E-state index is 0.0387. The SMILES string of the molecule is CCCC1CCCN1C(=O)c1cc(CN2CCN(CC)CC2)on1. The van der Waals surface area contributed by atoms with Crippen LogP contribution in [0.1, 0.15) is 55.8 Å². The van der Waals surface area contributed by atoms with Crippen LogP contribution in [0.3, 0.4) is 0 Å². The molecule has 1 amide bonds. The Bertz CT molecular complexity index is 537. The highest BCUT2D eigenvalue weighted by atomic mass is 16.5. The van der Waals surface area contributed by atoms with Gasteiger partial charge in [-0.2, -0.15) is 0 Å². The molecule has 0 spiro atoms. The number of aromatic nitrogens is 1. The van der Waals surface area contributed by atoms with Crippen LogP contribution in [0.4, 0.5) is 0 Å². The number of likely N-dealkylation sites (N-methyl/N-ethyl adjacent to an activating group) is 1. The van der Waals surface area contributed by atoms with Crippen LogP contribution < -0.4 is 0 Å². The average Bonchev–Trinajstić information content (AvgIpc) is 3.25. The summed E-state index contributed by atoms with van der Waals surface area (Å²) in [6.07, 6.45) is 4.41. The van der Waals surface area contributed by atoms with Crippen molar-refractivity contribution < 1.29 is 9.32 Å². The molecule has 0 aromatic carbocycles. The summed E-state index contributed by atoms with van der Waals surface area (Å²) in [5, 5.41) is 4.05. The molecular formula is C18H30N4O2. The lowest BCUT2D eigenvalue weighted by Gasteiger charge is -2.33. The molecule has 0 bridgehead atoms. The van der Waals surface area contributed by atoms with Gasteiger partial charge in [0.1, 0.15) is 0 Å². The lowest BCUT2D eigenvalue weighted by atomic mass is 10.1. The fourth-order valence-electron chi connectivity index (χ4n) is 3.86. The van der Waals surface area contributed by atoms with Gasteiger partial charge in [0.05, 0.1) is 6.54 Å². The number of nitrogens with zero attached hydrogens (tertiary/aromatic N) is 4. The van der Waals surface area contributed by atoms with E-state index in [2.05, 4.69) is 28.8 Å². The van der Waals surface area contributed by atoms with Gasteiger partial charge in [-0.15, -0.1) is 0 Å². The molecule has 1 unspecified atom stereocenters. The van der Waals surface area contributed by atoms with E-state index < -0.39 is 0 Å². The van der Waals surface area contributed by atoms with Gasteiger partial charge in [0, 0.05) is 44.8 Å². The summed E-state index contributed by atoms with van der Waals surface area (Å²) in [6.45, 7) is 11.4. The molecule has 2 fully saturated rings. The zero-order valence-corrected chi connectivity index (χ0v) is 15.0. The van der Waals surface area contributed by atoms with Crippen molar-refractivity contribution in [3.8, 4) is 0 Å². The summed E-state index contributed by atoms with van der Waals surface area (Å²) in [6, 6.07) is 2.22. The third-order valence-electron chi connectivity index (χ3n) is 5.33. The largest absolute Gasteiger partial charge is 0.359 e. The van der Waals surface area contributed by atoms with Crippen LogP contribution in [0.15, 0.2) is 10.6 Å². The van der Waals surface area contributed by atoms with Crippen molar-refractivity contribution in [3.05, 3.63) is 17.5 Å². The lowest BCUT2D eigenvalue weighted by molar-refractivity contribution is 0.0719. The first kappa shape index (κ1) is 17.4. The van der Waals surface area contributed by atoms with Crippen LogP contribution in [0.2, 0.25) is 0 Å². The molecule has 3 heterocycles. The molecular weight excluding hydrogens is 304 g/mol. The van der Waals surface area contributed by atoms with Crippen molar-refractivity contribution in [2.45, 2.75) is 52.1 Å². The molecule has 6 heteroatoms. The van der Waals surface area contributed by atoms with E-state index in [4.69, 9.17) is 4.52 Å². The summed E-state index contributed by atoms with van der Waals surface area (Å²) in [4.78, 5) is 19.5. The van der Waals surface area contributed by atoms with E-state index in [0.29, 0.717) is 11.7 Å². The standard InChI is InChI=1S/C18H30N4O2/c1-3-6-15-7-5-8-22(15)18(23)17-13-16(24-19-17)14-21-11-9-20(4-2)10-12-21/h13,15H,3-12,14H2,1-2H3. The van der Waals surface area contributed by atoms with E-state index in [1.807, 2.05) is 11.0 Å². The Labute approximate surface area is 144 Å². The molecule has 2 saturated heterocycles. The molecule has 0 radical (unpaired) electrons. The van der Waals surface area contributed by atoms with Gasteiger partial charge >= 0.3 is 0 Å². The highest BCUT2D eigenvalue weighted by Crippen LogP contribution is 2.23. The molecule has 24 heavy (non-hydrogen) atoms. The van der Waals surface area contributed by atoms with Crippen molar-refractivity contribution in [1.82, 2.24) is 19.9 Å². The van der Waals surface area contributed by atoms with E-state index in [0.717, 1.165) is 77.3 Å². The Morgan fingerprint density at radius 2 is 1.96 bits per heavy atom. The Balaban J connectivity index is 1.56. The third kappa shape index (κ3) is 3.98. The first-order valence-corrected chi connectivity index (χ1v) is 9.42. The number of carbonyl (C=O) groups excluding carboxylic acids is 1. The van der Waals surface area contributed by atoms with Gasteiger partial charge in [0.25, 0.3) is 5.91 Å². The van der Waals surface area contributed by atoms with Crippen molar-refractivity contribution >= 4 is 5.91 Å². The lowest BCUT2D eigenvalue weighted by Crippen LogP contribution is -2.45. The summed E-state index contributed by atoms with van der Waals surface area (Å²) < 4.78 is 5.44. The number of amides is 1. The van der Waals surface area contributed by atoms with Gasteiger partial charge in [-0.3, -0.25) is 9.69 Å². The number of likely N-dealkylation sites (tertiary alicyclic amines) is 1. The number of piperazine rings is 1. The maximum atomic E-state index is 12.7. The average molecular weight is 334 g/mol. The van der Waals surface area contributed by atoms with Gasteiger partial charge in [0.15, 0.2) is 11.5 Å². The Hall–Kier alpha value is -1.40. The van der Waals surface area contributed by atoms with Crippen LogP contribution in [-0.4, -0.2) is 71.1 Å². The number of carbonyl (C=O) groups is 1. The zero-order chi connectivity index (χ0) is 16.9. The molecule has 3 rings (SSSR count). The van der Waals surface area contributed by atoms with Crippen molar-refractivity contribution in [3.63, 3.8) is 0 Å². The second kappa shape index (κ2) is 8.12.